The number of hydrogen-bond donors (Lipinski definition) is 4. The van der Waals surface area contributed by atoms with E-state index in [2.05, 4.69) is 29.8 Å². The highest BCUT2D eigenvalue weighted by Gasteiger charge is 2.43. The number of benzene rings is 1. The van der Waals surface area contributed by atoms with Crippen LogP contribution < -0.4 is 16.0 Å². The van der Waals surface area contributed by atoms with Gasteiger partial charge in [0.1, 0.15) is 29.8 Å². The first-order valence-electron chi connectivity index (χ1n) is 15.4. The molecule has 0 radical (unpaired) electrons. The number of amides is 4. The van der Waals surface area contributed by atoms with E-state index in [9.17, 15) is 29.1 Å². The van der Waals surface area contributed by atoms with Crippen LogP contribution in [0.15, 0.2) is 24.3 Å². The first-order chi connectivity index (χ1) is 19.9. The Hall–Kier alpha value is -3.27. The number of rotatable bonds is 11. The van der Waals surface area contributed by atoms with Crippen LogP contribution in [0.3, 0.4) is 0 Å². The van der Waals surface area contributed by atoms with Crippen LogP contribution in [0.25, 0.3) is 0 Å². The van der Waals surface area contributed by atoms with Gasteiger partial charge in [-0.25, -0.2) is 0 Å². The lowest BCUT2D eigenvalue weighted by atomic mass is 9.94. The van der Waals surface area contributed by atoms with Gasteiger partial charge < -0.3 is 26.0 Å². The normalized spacial score (nSPS) is 26.1. The molecule has 3 rings (SSSR count). The molecule has 2 aliphatic rings. The summed E-state index contributed by atoms with van der Waals surface area (Å²) in [5.74, 6) is -1.46. The lowest BCUT2D eigenvalue weighted by Crippen LogP contribution is -2.65. The van der Waals surface area contributed by atoms with Gasteiger partial charge >= 0.3 is 0 Å². The van der Waals surface area contributed by atoms with Gasteiger partial charge in [-0.1, -0.05) is 57.9 Å². The number of ketones is 1. The fourth-order valence-electron chi connectivity index (χ4n) is 5.53. The summed E-state index contributed by atoms with van der Waals surface area (Å²) in [6.07, 6.45) is 3.00. The van der Waals surface area contributed by atoms with Crippen LogP contribution in [0, 0.1) is 0 Å². The van der Waals surface area contributed by atoms with Gasteiger partial charge in [0.2, 0.25) is 23.6 Å². The minimum absolute atomic E-state index is 0.228. The van der Waals surface area contributed by atoms with Crippen molar-refractivity contribution in [3.05, 3.63) is 35.4 Å². The second kappa shape index (κ2) is 14.8. The van der Waals surface area contributed by atoms with E-state index in [0.717, 1.165) is 5.56 Å². The van der Waals surface area contributed by atoms with Gasteiger partial charge in [0, 0.05) is 19.4 Å². The summed E-state index contributed by atoms with van der Waals surface area (Å²) in [5.41, 5.74) is 0.767. The molecular weight excluding hydrogens is 536 g/mol. The molecule has 2 saturated heterocycles. The summed E-state index contributed by atoms with van der Waals surface area (Å²) in [7, 11) is 0. The van der Waals surface area contributed by atoms with Gasteiger partial charge in [-0.15, -0.1) is 0 Å². The molecule has 232 valence electrons. The maximum atomic E-state index is 13.9. The highest BCUT2D eigenvalue weighted by Crippen LogP contribution is 2.23. The monoisotopic (exact) mass is 584 g/mol. The minimum Gasteiger partial charge on any atom is -0.386 e. The molecule has 1 aromatic carbocycles. The SMILES string of the molecule is CC[C@]1(C)NC(=O)[C@H](CCCCCC(=O)[C@@H](C)O)NC(=O)[C@H]2CCCN2C(=O)[C@H](Cc2ccc(C(C)C)cc2)NC1=O. The highest BCUT2D eigenvalue weighted by molar-refractivity contribution is 5.99. The van der Waals surface area contributed by atoms with Gasteiger partial charge in [0.05, 0.1) is 0 Å². The largest absolute Gasteiger partial charge is 0.386 e. The topological polar surface area (TPSA) is 145 Å². The van der Waals surface area contributed by atoms with E-state index in [0.29, 0.717) is 51.0 Å². The van der Waals surface area contributed by atoms with Crippen molar-refractivity contribution in [2.75, 3.05) is 6.54 Å². The molecule has 5 atom stereocenters. The van der Waals surface area contributed by atoms with Crippen LogP contribution in [-0.2, 0) is 30.4 Å². The molecule has 4 amide bonds. The number of Topliss-reactive ketones (excluding diaryl/α,β-unsaturated/α-hetero) is 1. The van der Waals surface area contributed by atoms with E-state index in [1.54, 1.807) is 18.7 Å². The average molecular weight is 585 g/mol. The zero-order chi connectivity index (χ0) is 31.0. The molecule has 0 unspecified atom stereocenters. The van der Waals surface area contributed by atoms with E-state index in [1.807, 2.05) is 24.3 Å². The Morgan fingerprint density at radius 2 is 1.69 bits per heavy atom. The third kappa shape index (κ3) is 8.40. The van der Waals surface area contributed by atoms with Crippen molar-refractivity contribution in [1.82, 2.24) is 20.9 Å². The standard InChI is InChI=1S/C32H48N4O6/c1-6-32(5)31(42)34-25(19-22-14-16-23(17-15-22)20(2)3)30(41)36-18-10-12-26(36)29(40)33-24(28(39)35-32)11-8-7-9-13-27(38)21(4)37/h14-17,20-21,24-26,37H,6-13,18-19H2,1-5H3,(H,33,40)(H,34,42)(H,35,39)/t21-,24+,25+,26-,32+/m1/s1. The Bertz CT molecular complexity index is 1130. The summed E-state index contributed by atoms with van der Waals surface area (Å²) >= 11 is 0. The van der Waals surface area contributed by atoms with Crippen molar-refractivity contribution in [1.29, 1.82) is 0 Å². The number of aliphatic hydroxyl groups excluding tert-OH is 1. The quantitative estimate of drug-likeness (QED) is 0.294. The van der Waals surface area contributed by atoms with Crippen LogP contribution in [0.4, 0.5) is 0 Å². The Kier molecular flexibility index (Phi) is 11.7. The fourth-order valence-corrected chi connectivity index (χ4v) is 5.53. The zero-order valence-corrected chi connectivity index (χ0v) is 25.7. The molecule has 10 heteroatoms. The van der Waals surface area contributed by atoms with E-state index in [4.69, 9.17) is 0 Å². The lowest BCUT2D eigenvalue weighted by molar-refractivity contribution is -0.144. The average Bonchev–Trinajstić information content (AvgIpc) is 3.45. The number of carbonyl (C=O) groups excluding carboxylic acids is 5. The van der Waals surface area contributed by atoms with Gasteiger partial charge in [-0.2, -0.15) is 0 Å². The van der Waals surface area contributed by atoms with Crippen LogP contribution in [0.5, 0.6) is 0 Å². The van der Waals surface area contributed by atoms with Crippen molar-refractivity contribution in [3.8, 4) is 0 Å². The molecule has 0 bridgehead atoms. The smallest absolute Gasteiger partial charge is 0.246 e. The number of unbranched alkanes of at least 4 members (excludes halogenated alkanes) is 2. The van der Waals surface area contributed by atoms with E-state index in [1.165, 1.54) is 12.5 Å². The van der Waals surface area contributed by atoms with Crippen molar-refractivity contribution in [2.45, 2.75) is 128 Å². The first-order valence-corrected chi connectivity index (χ1v) is 15.4. The number of carbonyl (C=O) groups is 5. The summed E-state index contributed by atoms with van der Waals surface area (Å²) in [6.45, 7) is 9.47. The number of nitrogens with one attached hydrogen (secondary N) is 3. The fraction of sp³-hybridized carbons (Fsp3) is 0.656. The van der Waals surface area contributed by atoms with Gasteiger partial charge in [0.15, 0.2) is 5.78 Å². The number of fused-ring (bicyclic) bond motifs is 1. The maximum absolute atomic E-state index is 13.9. The minimum atomic E-state index is -1.30. The molecular formula is C32H48N4O6. The third-order valence-electron chi connectivity index (χ3n) is 8.65. The molecule has 4 N–H and O–H groups in total. The summed E-state index contributed by atoms with van der Waals surface area (Å²) < 4.78 is 0. The van der Waals surface area contributed by atoms with Crippen molar-refractivity contribution in [2.24, 2.45) is 0 Å². The Labute approximate surface area is 249 Å². The Morgan fingerprint density at radius 1 is 1.00 bits per heavy atom. The predicted octanol–water partition coefficient (Wildman–Crippen LogP) is 2.51. The lowest BCUT2D eigenvalue weighted by Gasteiger charge is -2.36. The number of aliphatic hydroxyl groups is 1. The maximum Gasteiger partial charge on any atom is 0.246 e. The van der Waals surface area contributed by atoms with Crippen molar-refractivity contribution in [3.63, 3.8) is 0 Å². The Balaban J connectivity index is 1.83. The summed E-state index contributed by atoms with van der Waals surface area (Å²) in [5, 5.41) is 18.0. The molecule has 1 aromatic rings. The van der Waals surface area contributed by atoms with Gasteiger partial charge in [-0.05, 0) is 63.0 Å². The van der Waals surface area contributed by atoms with Crippen LogP contribution in [0.2, 0.25) is 0 Å². The third-order valence-corrected chi connectivity index (χ3v) is 8.65. The summed E-state index contributed by atoms with van der Waals surface area (Å²) in [4.78, 5) is 67.8. The molecule has 2 fully saturated rings. The van der Waals surface area contributed by atoms with Crippen LogP contribution in [-0.4, -0.2) is 75.7 Å². The van der Waals surface area contributed by atoms with E-state index >= 15 is 0 Å². The highest BCUT2D eigenvalue weighted by atomic mass is 16.3. The first kappa shape index (κ1) is 33.2. The zero-order valence-electron chi connectivity index (χ0n) is 25.7. The van der Waals surface area contributed by atoms with Crippen molar-refractivity contribution < 1.29 is 29.1 Å². The molecule has 0 aliphatic carbocycles. The second-order valence-corrected chi connectivity index (χ2v) is 12.3. The molecule has 0 spiro atoms. The van der Waals surface area contributed by atoms with Crippen LogP contribution >= 0.6 is 0 Å². The predicted molar refractivity (Wildman–Crippen MR) is 159 cm³/mol. The molecule has 10 nitrogen and oxygen atoms in total. The number of hydrogen-bond acceptors (Lipinski definition) is 6. The van der Waals surface area contributed by atoms with E-state index in [-0.39, 0.29) is 36.9 Å². The number of nitrogens with zero attached hydrogens (tertiary/aromatic N) is 1. The van der Waals surface area contributed by atoms with Crippen molar-refractivity contribution >= 4 is 29.4 Å². The van der Waals surface area contributed by atoms with E-state index < -0.39 is 41.6 Å². The molecule has 2 aliphatic heterocycles. The summed E-state index contributed by atoms with van der Waals surface area (Å²) in [6, 6.07) is 5.46. The van der Waals surface area contributed by atoms with Gasteiger partial charge in [-0.3, -0.25) is 24.0 Å². The molecule has 2 heterocycles. The second-order valence-electron chi connectivity index (χ2n) is 12.3. The van der Waals surface area contributed by atoms with Gasteiger partial charge in [0.25, 0.3) is 0 Å². The molecule has 0 saturated carbocycles. The Morgan fingerprint density at radius 3 is 2.31 bits per heavy atom. The molecule has 42 heavy (non-hydrogen) atoms. The molecule has 0 aromatic heterocycles. The van der Waals surface area contributed by atoms with Crippen LogP contribution in [0.1, 0.15) is 103 Å².